The van der Waals surface area contributed by atoms with Crippen LogP contribution in [-0.4, -0.2) is 41.1 Å². The van der Waals surface area contributed by atoms with Crippen LogP contribution in [0.15, 0.2) is 51.9 Å². The smallest absolute Gasteiger partial charge is 0.329 e. The van der Waals surface area contributed by atoms with Crippen molar-refractivity contribution in [2.24, 2.45) is 4.99 Å². The highest BCUT2D eigenvalue weighted by Crippen LogP contribution is 2.29. The quantitative estimate of drug-likeness (QED) is 0.619. The van der Waals surface area contributed by atoms with Gasteiger partial charge in [0.05, 0.1) is 5.56 Å². The van der Waals surface area contributed by atoms with Gasteiger partial charge in [0.2, 0.25) is 0 Å². The topological polar surface area (TPSA) is 96.3 Å². The van der Waals surface area contributed by atoms with Crippen LogP contribution >= 0.6 is 15.9 Å². The first-order valence-electron chi connectivity index (χ1n) is 9.74. The van der Waals surface area contributed by atoms with Gasteiger partial charge in [-0.2, -0.15) is 4.99 Å². The van der Waals surface area contributed by atoms with Gasteiger partial charge < -0.3 is 9.74 Å². The lowest BCUT2D eigenvalue weighted by Gasteiger charge is -2.17. The van der Waals surface area contributed by atoms with Crippen molar-refractivity contribution in [3.63, 3.8) is 0 Å². The molecule has 2 heterocycles. The molecule has 0 aliphatic carbocycles. The number of carbonyl (C=O) groups excluding carboxylic acids is 4. The van der Waals surface area contributed by atoms with E-state index in [0.29, 0.717) is 28.3 Å². The number of imide groups is 1. The minimum absolute atomic E-state index is 0.000379. The maximum Gasteiger partial charge on any atom is 0.365 e. The van der Waals surface area contributed by atoms with E-state index in [-0.39, 0.29) is 24.0 Å². The van der Waals surface area contributed by atoms with Gasteiger partial charge in [0.25, 0.3) is 17.7 Å². The SMILES string of the molecule is CCN1C(=NC(=O)c2ccc(Br)c(C(=O)ON3C(=O)CCC3=O)c2)Cc2ccccc21. The van der Waals surface area contributed by atoms with Crippen LogP contribution in [0, 0.1) is 0 Å². The van der Waals surface area contributed by atoms with E-state index < -0.39 is 23.7 Å². The first kappa shape index (κ1) is 20.9. The van der Waals surface area contributed by atoms with Gasteiger partial charge in [0.1, 0.15) is 5.84 Å². The molecule has 0 radical (unpaired) electrons. The Balaban J connectivity index is 1.57. The fourth-order valence-corrected chi connectivity index (χ4v) is 3.98. The largest absolute Gasteiger partial charge is 0.365 e. The van der Waals surface area contributed by atoms with Gasteiger partial charge in [-0.1, -0.05) is 18.2 Å². The summed E-state index contributed by atoms with van der Waals surface area (Å²) in [5.41, 5.74) is 2.32. The van der Waals surface area contributed by atoms with Crippen LogP contribution in [0.2, 0.25) is 0 Å². The molecule has 3 amide bonds. The molecule has 0 aromatic heterocycles. The lowest BCUT2D eigenvalue weighted by atomic mass is 10.1. The van der Waals surface area contributed by atoms with Crippen molar-refractivity contribution in [1.29, 1.82) is 0 Å². The van der Waals surface area contributed by atoms with E-state index in [1.54, 1.807) is 0 Å². The lowest BCUT2D eigenvalue weighted by Crippen LogP contribution is -2.32. The first-order chi connectivity index (χ1) is 14.9. The zero-order valence-corrected chi connectivity index (χ0v) is 18.2. The summed E-state index contributed by atoms with van der Waals surface area (Å²) in [6.07, 6.45) is 0.541. The molecule has 1 saturated heterocycles. The van der Waals surface area contributed by atoms with Crippen molar-refractivity contribution in [2.75, 3.05) is 11.4 Å². The molecule has 31 heavy (non-hydrogen) atoms. The van der Waals surface area contributed by atoms with Crippen LogP contribution in [-0.2, 0) is 20.8 Å². The Kier molecular flexibility index (Phi) is 5.69. The summed E-state index contributed by atoms with van der Waals surface area (Å²) in [6.45, 7) is 2.65. The molecule has 158 valence electrons. The molecule has 1 fully saturated rings. The zero-order chi connectivity index (χ0) is 22.1. The minimum Gasteiger partial charge on any atom is -0.329 e. The van der Waals surface area contributed by atoms with Gasteiger partial charge in [-0.15, -0.1) is 5.06 Å². The van der Waals surface area contributed by atoms with E-state index in [1.165, 1.54) is 18.2 Å². The number of nitrogens with zero attached hydrogens (tertiary/aromatic N) is 3. The molecule has 4 rings (SSSR count). The molecule has 0 unspecified atom stereocenters. The Bertz CT molecular complexity index is 1130. The number of hydroxylamine groups is 2. The van der Waals surface area contributed by atoms with Crippen LogP contribution < -0.4 is 4.90 Å². The zero-order valence-electron chi connectivity index (χ0n) is 16.6. The highest BCUT2D eigenvalue weighted by Gasteiger charge is 2.33. The molecule has 0 spiro atoms. The lowest BCUT2D eigenvalue weighted by molar-refractivity contribution is -0.172. The number of anilines is 1. The van der Waals surface area contributed by atoms with E-state index in [0.717, 1.165) is 11.3 Å². The summed E-state index contributed by atoms with van der Waals surface area (Å²) in [5, 5.41) is 0.471. The molecule has 2 aliphatic rings. The van der Waals surface area contributed by atoms with Gasteiger partial charge >= 0.3 is 5.97 Å². The fourth-order valence-electron chi connectivity index (χ4n) is 3.57. The van der Waals surface area contributed by atoms with E-state index in [2.05, 4.69) is 20.9 Å². The molecule has 0 bridgehead atoms. The Morgan fingerprint density at radius 3 is 2.52 bits per heavy atom. The average Bonchev–Trinajstić information content (AvgIpc) is 3.27. The second kappa shape index (κ2) is 8.43. The molecule has 2 aromatic rings. The highest BCUT2D eigenvalue weighted by molar-refractivity contribution is 9.10. The van der Waals surface area contributed by atoms with Crippen molar-refractivity contribution in [1.82, 2.24) is 5.06 Å². The second-order valence-corrected chi connectivity index (χ2v) is 7.89. The molecular weight excluding hydrogens is 466 g/mol. The number of halogens is 1. The van der Waals surface area contributed by atoms with Crippen LogP contribution in [0.5, 0.6) is 0 Å². The number of amides is 3. The van der Waals surface area contributed by atoms with E-state index in [9.17, 15) is 19.2 Å². The van der Waals surface area contributed by atoms with Gasteiger partial charge in [-0.25, -0.2) is 4.79 Å². The van der Waals surface area contributed by atoms with Crippen molar-refractivity contribution < 1.29 is 24.0 Å². The van der Waals surface area contributed by atoms with Crippen LogP contribution in [0.25, 0.3) is 0 Å². The number of carbonyl (C=O) groups is 4. The number of likely N-dealkylation sites (N-methyl/N-ethyl adjacent to an activating group) is 1. The van der Waals surface area contributed by atoms with E-state index in [4.69, 9.17) is 4.84 Å². The van der Waals surface area contributed by atoms with Crippen molar-refractivity contribution in [3.05, 3.63) is 63.6 Å². The van der Waals surface area contributed by atoms with Gasteiger partial charge in [0, 0.05) is 41.5 Å². The third-order valence-corrected chi connectivity index (χ3v) is 5.79. The van der Waals surface area contributed by atoms with Gasteiger partial charge in [-0.05, 0) is 52.7 Å². The maximum absolute atomic E-state index is 12.8. The number of aliphatic imine (C=N–C) groups is 1. The normalized spacial score (nSPS) is 16.8. The Labute approximate surface area is 186 Å². The van der Waals surface area contributed by atoms with Crippen LogP contribution in [0.3, 0.4) is 0 Å². The maximum atomic E-state index is 12.8. The van der Waals surface area contributed by atoms with E-state index in [1.807, 2.05) is 36.1 Å². The van der Waals surface area contributed by atoms with Gasteiger partial charge in [0.15, 0.2) is 0 Å². The Morgan fingerprint density at radius 1 is 1.10 bits per heavy atom. The number of para-hydroxylation sites is 1. The van der Waals surface area contributed by atoms with Crippen molar-refractivity contribution >= 4 is 51.1 Å². The summed E-state index contributed by atoms with van der Waals surface area (Å²) in [4.78, 5) is 60.0. The fraction of sp³-hybridized carbons (Fsp3) is 0.227. The first-order valence-corrected chi connectivity index (χ1v) is 10.5. The van der Waals surface area contributed by atoms with Crippen molar-refractivity contribution in [3.8, 4) is 0 Å². The number of amidine groups is 1. The van der Waals surface area contributed by atoms with E-state index >= 15 is 0 Å². The summed E-state index contributed by atoms with van der Waals surface area (Å²) in [7, 11) is 0. The monoisotopic (exact) mass is 483 g/mol. The highest BCUT2D eigenvalue weighted by atomic mass is 79.9. The number of fused-ring (bicyclic) bond motifs is 1. The number of hydrogen-bond donors (Lipinski definition) is 0. The molecule has 0 saturated carbocycles. The third-order valence-electron chi connectivity index (χ3n) is 5.10. The summed E-state index contributed by atoms with van der Waals surface area (Å²) < 4.78 is 0.365. The average molecular weight is 484 g/mol. The Morgan fingerprint density at radius 2 is 1.81 bits per heavy atom. The number of benzene rings is 2. The summed E-state index contributed by atoms with van der Waals surface area (Å²) in [6, 6.07) is 12.3. The number of hydrogen-bond acceptors (Lipinski definition) is 5. The summed E-state index contributed by atoms with van der Waals surface area (Å²) in [5.74, 6) is -1.94. The van der Waals surface area contributed by atoms with Crippen molar-refractivity contribution in [2.45, 2.75) is 26.2 Å². The number of rotatable bonds is 4. The standard InChI is InChI=1S/C22H18BrN3O5/c1-2-25-17-6-4-3-5-13(17)12-18(25)24-21(29)14-7-8-16(23)15(11-14)22(30)31-26-19(27)9-10-20(26)28/h3-8,11H,2,9-10,12H2,1H3. The predicted molar refractivity (Wildman–Crippen MR) is 116 cm³/mol. The third kappa shape index (κ3) is 4.00. The summed E-state index contributed by atoms with van der Waals surface area (Å²) >= 11 is 3.24. The molecule has 8 nitrogen and oxygen atoms in total. The molecule has 0 N–H and O–H groups in total. The molecule has 0 atom stereocenters. The molecule has 2 aromatic carbocycles. The van der Waals surface area contributed by atoms with Crippen LogP contribution in [0.1, 0.15) is 46.0 Å². The van der Waals surface area contributed by atoms with Gasteiger partial charge in [-0.3, -0.25) is 14.4 Å². The molecule has 2 aliphatic heterocycles. The Hall–Kier alpha value is -3.33. The molecule has 9 heteroatoms. The minimum atomic E-state index is -0.916. The predicted octanol–water partition coefficient (Wildman–Crippen LogP) is 3.29. The molecular formula is C22H18BrN3O5. The van der Waals surface area contributed by atoms with Crippen LogP contribution in [0.4, 0.5) is 5.69 Å². The second-order valence-electron chi connectivity index (χ2n) is 7.04.